The monoisotopic (exact) mass is 344 g/mol. The molecule has 1 heterocycles. The molecule has 0 aliphatic carbocycles. The molecule has 118 valence electrons. The van der Waals surface area contributed by atoms with Gasteiger partial charge in [0.1, 0.15) is 0 Å². The quantitative estimate of drug-likeness (QED) is 0.770. The van der Waals surface area contributed by atoms with Crippen LogP contribution in [0.2, 0.25) is 0 Å². The molecule has 0 aliphatic rings. The van der Waals surface area contributed by atoms with Crippen molar-refractivity contribution in [2.24, 2.45) is 0 Å². The van der Waals surface area contributed by atoms with Crippen molar-refractivity contribution in [2.45, 2.75) is 18.7 Å². The first kappa shape index (κ1) is 15.7. The van der Waals surface area contributed by atoms with Crippen LogP contribution in [0.5, 0.6) is 0 Å². The second kappa shape index (κ2) is 6.14. The Morgan fingerprint density at radius 3 is 2.43 bits per heavy atom. The highest BCUT2D eigenvalue weighted by atomic mass is 32.2. The third-order valence-electron chi connectivity index (χ3n) is 3.58. The normalized spacial score (nSPS) is 11.4. The third kappa shape index (κ3) is 3.43. The second-order valence-corrected chi connectivity index (χ2v) is 7.80. The summed E-state index contributed by atoms with van der Waals surface area (Å²) in [7, 11) is -3.62. The van der Waals surface area contributed by atoms with E-state index >= 15 is 0 Å². The number of thiazole rings is 1. The minimum atomic E-state index is -3.62. The van der Waals surface area contributed by atoms with Crippen molar-refractivity contribution in [3.8, 4) is 11.3 Å². The van der Waals surface area contributed by atoms with Gasteiger partial charge in [-0.25, -0.2) is 13.4 Å². The van der Waals surface area contributed by atoms with Gasteiger partial charge in [0.15, 0.2) is 5.13 Å². The number of aromatic nitrogens is 1. The van der Waals surface area contributed by atoms with Crippen LogP contribution >= 0.6 is 11.3 Å². The zero-order valence-corrected chi connectivity index (χ0v) is 14.4. The standard InChI is InChI=1S/C17H16N2O2S2/c1-12-8-9-15(10-13(12)2)23(20,21)19-17-18-16(11-22-17)14-6-4-3-5-7-14/h3-11H,1-2H3,(H,18,19). The zero-order valence-electron chi connectivity index (χ0n) is 12.8. The number of anilines is 1. The van der Waals surface area contributed by atoms with Crippen LogP contribution in [0.25, 0.3) is 11.3 Å². The summed E-state index contributed by atoms with van der Waals surface area (Å²) in [5.74, 6) is 0. The lowest BCUT2D eigenvalue weighted by Gasteiger charge is -2.07. The van der Waals surface area contributed by atoms with Gasteiger partial charge in [0.2, 0.25) is 0 Å². The van der Waals surface area contributed by atoms with Crippen LogP contribution in [-0.4, -0.2) is 13.4 Å². The molecule has 0 unspecified atom stereocenters. The van der Waals surface area contributed by atoms with Crippen LogP contribution in [0.4, 0.5) is 5.13 Å². The van der Waals surface area contributed by atoms with Crippen molar-refractivity contribution in [3.05, 3.63) is 65.0 Å². The molecule has 0 saturated heterocycles. The van der Waals surface area contributed by atoms with Crippen molar-refractivity contribution >= 4 is 26.5 Å². The number of nitrogens with zero attached hydrogens (tertiary/aromatic N) is 1. The van der Waals surface area contributed by atoms with E-state index in [1.165, 1.54) is 11.3 Å². The molecule has 23 heavy (non-hydrogen) atoms. The average Bonchev–Trinajstić information content (AvgIpc) is 2.98. The largest absolute Gasteiger partial charge is 0.263 e. The number of aryl methyl sites for hydroxylation is 2. The van der Waals surface area contributed by atoms with Crippen LogP contribution in [0.3, 0.4) is 0 Å². The van der Waals surface area contributed by atoms with Gasteiger partial charge in [-0.05, 0) is 37.1 Å². The molecule has 0 saturated carbocycles. The smallest absolute Gasteiger partial charge is 0.255 e. The Labute approximate surface area is 139 Å². The Morgan fingerprint density at radius 1 is 1.00 bits per heavy atom. The summed E-state index contributed by atoms with van der Waals surface area (Å²) in [6.07, 6.45) is 0. The lowest BCUT2D eigenvalue weighted by Crippen LogP contribution is -2.13. The van der Waals surface area contributed by atoms with Gasteiger partial charge in [-0.2, -0.15) is 0 Å². The predicted molar refractivity (Wildman–Crippen MR) is 94.3 cm³/mol. The van der Waals surface area contributed by atoms with Crippen LogP contribution in [-0.2, 0) is 10.0 Å². The van der Waals surface area contributed by atoms with E-state index in [2.05, 4.69) is 9.71 Å². The molecule has 1 aromatic heterocycles. The minimum absolute atomic E-state index is 0.247. The first-order chi connectivity index (χ1) is 11.0. The van der Waals surface area contributed by atoms with Gasteiger partial charge in [0.25, 0.3) is 10.0 Å². The predicted octanol–water partition coefficient (Wildman–Crippen LogP) is 4.23. The van der Waals surface area contributed by atoms with Crippen molar-refractivity contribution in [3.63, 3.8) is 0 Å². The lowest BCUT2D eigenvalue weighted by molar-refractivity contribution is 0.601. The summed E-state index contributed by atoms with van der Waals surface area (Å²) in [5, 5.41) is 2.20. The molecule has 0 aliphatic heterocycles. The van der Waals surface area contributed by atoms with Crippen LogP contribution in [0.1, 0.15) is 11.1 Å². The third-order valence-corrected chi connectivity index (χ3v) is 5.81. The summed E-state index contributed by atoms with van der Waals surface area (Å²) >= 11 is 1.27. The van der Waals surface area contributed by atoms with Gasteiger partial charge in [-0.3, -0.25) is 4.72 Å². The molecular formula is C17H16N2O2S2. The Morgan fingerprint density at radius 2 is 1.74 bits per heavy atom. The molecule has 0 radical (unpaired) electrons. The van der Waals surface area contributed by atoms with Gasteiger partial charge in [-0.15, -0.1) is 11.3 Å². The summed E-state index contributed by atoms with van der Waals surface area (Å²) < 4.78 is 27.5. The summed E-state index contributed by atoms with van der Waals surface area (Å²) in [6.45, 7) is 3.84. The van der Waals surface area contributed by atoms with Crippen molar-refractivity contribution in [2.75, 3.05) is 4.72 Å². The highest BCUT2D eigenvalue weighted by molar-refractivity contribution is 7.93. The lowest BCUT2D eigenvalue weighted by atomic mass is 10.1. The summed E-state index contributed by atoms with van der Waals surface area (Å²) in [4.78, 5) is 4.61. The molecule has 2 aromatic carbocycles. The molecule has 4 nitrogen and oxygen atoms in total. The maximum Gasteiger partial charge on any atom is 0.263 e. The molecule has 0 bridgehead atoms. The Balaban J connectivity index is 1.86. The topological polar surface area (TPSA) is 59.1 Å². The Hall–Kier alpha value is -2.18. The van der Waals surface area contributed by atoms with Gasteiger partial charge >= 0.3 is 0 Å². The fourth-order valence-corrected chi connectivity index (χ4v) is 4.17. The van der Waals surface area contributed by atoms with Crippen molar-refractivity contribution < 1.29 is 8.42 Å². The SMILES string of the molecule is Cc1ccc(S(=O)(=O)Nc2nc(-c3ccccc3)cs2)cc1C. The molecule has 0 fully saturated rings. The first-order valence-corrected chi connectivity index (χ1v) is 9.43. The van der Waals surface area contributed by atoms with Gasteiger partial charge in [0, 0.05) is 10.9 Å². The van der Waals surface area contributed by atoms with E-state index in [1.54, 1.807) is 18.2 Å². The summed E-state index contributed by atoms with van der Waals surface area (Å²) in [5.41, 5.74) is 3.72. The highest BCUT2D eigenvalue weighted by Crippen LogP contribution is 2.26. The molecule has 0 atom stereocenters. The second-order valence-electron chi connectivity index (χ2n) is 5.26. The number of hydrogen-bond acceptors (Lipinski definition) is 4. The Bertz CT molecular complexity index is 932. The first-order valence-electron chi connectivity index (χ1n) is 7.07. The van der Waals surface area contributed by atoms with Crippen LogP contribution in [0, 0.1) is 13.8 Å². The Kier molecular flexibility index (Phi) is 4.19. The van der Waals surface area contributed by atoms with Gasteiger partial charge < -0.3 is 0 Å². The van der Waals surface area contributed by atoms with E-state index < -0.39 is 10.0 Å². The van der Waals surface area contributed by atoms with Gasteiger partial charge in [0.05, 0.1) is 10.6 Å². The van der Waals surface area contributed by atoms with E-state index in [0.717, 1.165) is 22.4 Å². The van der Waals surface area contributed by atoms with E-state index in [-0.39, 0.29) is 4.90 Å². The fourth-order valence-electron chi connectivity index (χ4n) is 2.12. The number of sulfonamides is 1. The average molecular weight is 344 g/mol. The molecule has 3 aromatic rings. The molecule has 0 spiro atoms. The van der Waals surface area contributed by atoms with Gasteiger partial charge in [-0.1, -0.05) is 36.4 Å². The number of hydrogen-bond donors (Lipinski definition) is 1. The van der Waals surface area contributed by atoms with Crippen LogP contribution < -0.4 is 4.72 Å². The number of nitrogens with one attached hydrogen (secondary N) is 1. The maximum atomic E-state index is 12.5. The number of benzene rings is 2. The molecule has 6 heteroatoms. The minimum Gasteiger partial charge on any atom is -0.255 e. The van der Waals surface area contributed by atoms with Crippen LogP contribution in [0.15, 0.2) is 58.8 Å². The molecule has 0 amide bonds. The molecular weight excluding hydrogens is 328 g/mol. The van der Waals surface area contributed by atoms with E-state index in [4.69, 9.17) is 0 Å². The molecule has 1 N–H and O–H groups in total. The molecule has 3 rings (SSSR count). The zero-order chi connectivity index (χ0) is 16.4. The van der Waals surface area contributed by atoms with E-state index in [9.17, 15) is 8.42 Å². The van der Waals surface area contributed by atoms with E-state index in [0.29, 0.717) is 5.13 Å². The van der Waals surface area contributed by atoms with Crippen molar-refractivity contribution in [1.29, 1.82) is 0 Å². The summed E-state index contributed by atoms with van der Waals surface area (Å²) in [6, 6.07) is 14.7. The van der Waals surface area contributed by atoms with E-state index in [1.807, 2.05) is 49.6 Å². The maximum absolute atomic E-state index is 12.5. The van der Waals surface area contributed by atoms with Crippen molar-refractivity contribution in [1.82, 2.24) is 4.98 Å². The fraction of sp³-hybridized carbons (Fsp3) is 0.118. The highest BCUT2D eigenvalue weighted by Gasteiger charge is 2.17. The number of rotatable bonds is 4.